The van der Waals surface area contributed by atoms with Gasteiger partial charge in [-0.1, -0.05) is 6.07 Å². The summed E-state index contributed by atoms with van der Waals surface area (Å²) in [6.07, 6.45) is -0.199. The highest BCUT2D eigenvalue weighted by atomic mass is 32.1. The molecule has 128 valence electrons. The molecule has 1 aliphatic heterocycles. The van der Waals surface area contributed by atoms with Crippen molar-refractivity contribution in [2.24, 2.45) is 0 Å². The number of thiophene rings is 1. The Kier molecular flexibility index (Phi) is 4.62. The Bertz CT molecular complexity index is 860. The predicted octanol–water partition coefficient (Wildman–Crippen LogP) is 0.665. The molecule has 0 aliphatic carbocycles. The number of fused-ring (bicyclic) bond motifs is 1. The highest BCUT2D eigenvalue weighted by molar-refractivity contribution is 7.10. The van der Waals surface area contributed by atoms with Gasteiger partial charge in [0.1, 0.15) is 0 Å². The van der Waals surface area contributed by atoms with Gasteiger partial charge < -0.3 is 15.2 Å². The number of carbonyl (C=O) groups is 4. The third-order valence-electron chi connectivity index (χ3n) is 3.71. The van der Waals surface area contributed by atoms with Crippen molar-refractivity contribution >= 4 is 40.7 Å². The Morgan fingerprint density at radius 2 is 1.88 bits per heavy atom. The number of carbonyl (C=O) groups excluding carboxylic acids is 4. The Balaban J connectivity index is 1.73. The summed E-state index contributed by atoms with van der Waals surface area (Å²) in [4.78, 5) is 48.8. The first-order chi connectivity index (χ1) is 12.0. The van der Waals surface area contributed by atoms with E-state index in [-0.39, 0.29) is 30.0 Å². The quantitative estimate of drug-likeness (QED) is 0.765. The van der Waals surface area contributed by atoms with Crippen LogP contribution in [0.1, 0.15) is 32.0 Å². The number of nitrogens with one attached hydrogen (secondary N) is 1. The number of carboxylic acid groups (broad SMARTS) is 1. The van der Waals surface area contributed by atoms with E-state index in [0.29, 0.717) is 5.69 Å². The second-order valence-electron chi connectivity index (χ2n) is 5.45. The Morgan fingerprint density at radius 1 is 1.12 bits per heavy atom. The maximum Gasteiger partial charge on any atom is 0.261 e. The van der Waals surface area contributed by atoms with Crippen LogP contribution in [0, 0.1) is 0 Å². The lowest BCUT2D eigenvalue weighted by atomic mass is 10.1. The number of hydrogen-bond acceptors (Lipinski definition) is 6. The minimum absolute atomic E-state index is 0.150. The van der Waals surface area contributed by atoms with Gasteiger partial charge in [-0.25, -0.2) is 0 Å². The van der Waals surface area contributed by atoms with Crippen molar-refractivity contribution in [3.63, 3.8) is 0 Å². The lowest BCUT2D eigenvalue weighted by molar-refractivity contribution is -0.305. The SMILES string of the molecule is O=C([O-])CCN1C(=O)c2ccc(NC(=O)Cc3cccs3)cc2C1=O. The molecule has 8 heteroatoms. The summed E-state index contributed by atoms with van der Waals surface area (Å²) in [5.74, 6) is -2.68. The molecule has 3 rings (SSSR count). The Labute approximate surface area is 146 Å². The summed E-state index contributed by atoms with van der Waals surface area (Å²) < 4.78 is 0. The van der Waals surface area contributed by atoms with Crippen LogP contribution in [0.4, 0.5) is 5.69 Å². The van der Waals surface area contributed by atoms with Crippen molar-refractivity contribution in [2.75, 3.05) is 11.9 Å². The second-order valence-corrected chi connectivity index (χ2v) is 6.48. The Hall–Kier alpha value is -3.00. The van der Waals surface area contributed by atoms with Crippen LogP contribution in [-0.2, 0) is 16.0 Å². The summed E-state index contributed by atoms with van der Waals surface area (Å²) >= 11 is 1.47. The first-order valence-corrected chi connectivity index (χ1v) is 8.36. The Morgan fingerprint density at radius 3 is 2.56 bits per heavy atom. The van der Waals surface area contributed by atoms with Crippen molar-refractivity contribution in [3.05, 3.63) is 51.7 Å². The van der Waals surface area contributed by atoms with Crippen LogP contribution in [-0.4, -0.2) is 35.1 Å². The summed E-state index contributed by atoms with van der Waals surface area (Å²) in [6, 6.07) is 8.13. The first kappa shape index (κ1) is 16.8. The maximum atomic E-state index is 12.3. The largest absolute Gasteiger partial charge is 0.550 e. The fraction of sp³-hybridized carbons (Fsp3) is 0.176. The van der Waals surface area contributed by atoms with E-state index in [2.05, 4.69) is 5.32 Å². The van der Waals surface area contributed by atoms with Gasteiger partial charge in [0.2, 0.25) is 5.91 Å². The van der Waals surface area contributed by atoms with Crippen molar-refractivity contribution in [2.45, 2.75) is 12.8 Å². The molecule has 0 fully saturated rings. The minimum Gasteiger partial charge on any atom is -0.550 e. The highest BCUT2D eigenvalue weighted by Gasteiger charge is 2.35. The standard InChI is InChI=1S/C17H14N2O5S/c20-14(9-11-2-1-7-25-11)18-10-3-4-12-13(8-10)17(24)19(16(12)23)6-5-15(21)22/h1-4,7-8H,5-6,9H2,(H,18,20)(H,21,22)/p-1. The molecular weight excluding hydrogens is 344 g/mol. The van der Waals surface area contributed by atoms with Gasteiger partial charge in [-0.3, -0.25) is 19.3 Å². The molecule has 0 radical (unpaired) electrons. The number of rotatable bonds is 6. The van der Waals surface area contributed by atoms with Crippen LogP contribution >= 0.6 is 11.3 Å². The topological polar surface area (TPSA) is 107 Å². The molecule has 25 heavy (non-hydrogen) atoms. The first-order valence-electron chi connectivity index (χ1n) is 7.48. The molecule has 0 spiro atoms. The number of nitrogens with zero attached hydrogens (tertiary/aromatic N) is 1. The van der Waals surface area contributed by atoms with Crippen LogP contribution in [0.5, 0.6) is 0 Å². The van der Waals surface area contributed by atoms with Crippen molar-refractivity contribution in [1.29, 1.82) is 0 Å². The molecule has 0 unspecified atom stereocenters. The lowest BCUT2D eigenvalue weighted by Crippen LogP contribution is -2.34. The van der Waals surface area contributed by atoms with Crippen LogP contribution < -0.4 is 10.4 Å². The normalized spacial score (nSPS) is 13.0. The minimum atomic E-state index is -1.34. The van der Waals surface area contributed by atoms with E-state index in [1.54, 1.807) is 6.07 Å². The van der Waals surface area contributed by atoms with Crippen LogP contribution in [0.3, 0.4) is 0 Å². The van der Waals surface area contributed by atoms with Crippen molar-refractivity contribution < 1.29 is 24.3 Å². The summed E-state index contributed by atoms with van der Waals surface area (Å²) in [7, 11) is 0. The fourth-order valence-electron chi connectivity index (χ4n) is 2.55. The van der Waals surface area contributed by atoms with Crippen LogP contribution in [0.2, 0.25) is 0 Å². The third-order valence-corrected chi connectivity index (χ3v) is 4.59. The van der Waals surface area contributed by atoms with Gasteiger partial charge in [-0.05, 0) is 29.6 Å². The highest BCUT2D eigenvalue weighted by Crippen LogP contribution is 2.26. The summed E-state index contributed by atoms with van der Waals surface area (Å²) in [5.41, 5.74) is 0.750. The average molecular weight is 357 g/mol. The van der Waals surface area contributed by atoms with Crippen molar-refractivity contribution in [3.8, 4) is 0 Å². The molecule has 1 aromatic carbocycles. The molecule has 7 nitrogen and oxygen atoms in total. The lowest BCUT2D eigenvalue weighted by Gasteiger charge is -2.13. The van der Waals surface area contributed by atoms with Gasteiger partial charge in [0.15, 0.2) is 0 Å². The second kappa shape index (κ2) is 6.86. The van der Waals surface area contributed by atoms with Gasteiger partial charge in [0.05, 0.1) is 17.5 Å². The number of aliphatic carboxylic acids is 1. The molecule has 0 saturated carbocycles. The maximum absolute atomic E-state index is 12.3. The average Bonchev–Trinajstić information content (AvgIpc) is 3.14. The summed E-state index contributed by atoms with van der Waals surface area (Å²) in [5, 5.41) is 15.1. The molecule has 0 bridgehead atoms. The van der Waals surface area contributed by atoms with Gasteiger partial charge in [0.25, 0.3) is 11.8 Å². The molecule has 1 N–H and O–H groups in total. The van der Waals surface area contributed by atoms with E-state index >= 15 is 0 Å². The number of benzene rings is 1. The number of hydrogen-bond donors (Lipinski definition) is 1. The number of imide groups is 1. The summed E-state index contributed by atoms with van der Waals surface area (Å²) in [6.45, 7) is -0.241. The predicted molar refractivity (Wildman–Crippen MR) is 88.1 cm³/mol. The zero-order valence-corrected chi connectivity index (χ0v) is 13.8. The van der Waals surface area contributed by atoms with E-state index in [1.165, 1.54) is 23.5 Å². The molecule has 0 saturated heterocycles. The molecule has 1 aromatic heterocycles. The smallest absolute Gasteiger partial charge is 0.261 e. The molecule has 3 amide bonds. The molecule has 1 aliphatic rings. The number of carboxylic acids is 1. The van der Waals surface area contributed by atoms with E-state index < -0.39 is 24.2 Å². The molecule has 2 aromatic rings. The molecular formula is C17H13N2O5S-. The molecule has 2 heterocycles. The van der Waals surface area contributed by atoms with Gasteiger partial charge >= 0.3 is 0 Å². The van der Waals surface area contributed by atoms with Crippen LogP contribution in [0.15, 0.2) is 35.7 Å². The van der Waals surface area contributed by atoms with Crippen LogP contribution in [0.25, 0.3) is 0 Å². The van der Waals surface area contributed by atoms with E-state index in [4.69, 9.17) is 0 Å². The van der Waals surface area contributed by atoms with E-state index in [0.717, 1.165) is 9.78 Å². The zero-order valence-electron chi connectivity index (χ0n) is 13.0. The monoisotopic (exact) mass is 357 g/mol. The molecule has 0 atom stereocenters. The number of amides is 3. The van der Waals surface area contributed by atoms with Gasteiger partial charge in [-0.15, -0.1) is 11.3 Å². The number of anilines is 1. The van der Waals surface area contributed by atoms with Gasteiger partial charge in [0, 0.05) is 29.5 Å². The fourth-order valence-corrected chi connectivity index (χ4v) is 3.25. The van der Waals surface area contributed by atoms with Crippen molar-refractivity contribution in [1.82, 2.24) is 4.90 Å². The van der Waals surface area contributed by atoms with E-state index in [9.17, 15) is 24.3 Å². The van der Waals surface area contributed by atoms with Gasteiger partial charge in [-0.2, -0.15) is 0 Å². The zero-order chi connectivity index (χ0) is 18.0. The van der Waals surface area contributed by atoms with E-state index in [1.807, 2.05) is 17.5 Å². The third kappa shape index (κ3) is 3.58.